The Labute approximate surface area is 240 Å². The molecule has 0 saturated carbocycles. The molecule has 1 aromatic carbocycles. The summed E-state index contributed by atoms with van der Waals surface area (Å²) in [6.07, 6.45) is -0.0469. The van der Waals surface area contributed by atoms with Crippen LogP contribution in [0.25, 0.3) is 11.2 Å². The lowest BCUT2D eigenvalue weighted by Crippen LogP contribution is -2.54. The van der Waals surface area contributed by atoms with E-state index in [2.05, 4.69) is 24.7 Å². The molecule has 0 bridgehead atoms. The smallest absolute Gasteiger partial charge is 0.355 e. The van der Waals surface area contributed by atoms with Gasteiger partial charge in [0.2, 0.25) is 10.0 Å². The fraction of sp³-hybridized carbons (Fsp3) is 0.560. The van der Waals surface area contributed by atoms with Crippen LogP contribution < -0.4 is 9.62 Å². The van der Waals surface area contributed by atoms with E-state index in [1.807, 2.05) is 4.90 Å². The van der Waals surface area contributed by atoms with Gasteiger partial charge in [0.25, 0.3) is 0 Å². The number of piperidine rings is 1. The molecular formula is C25H30Cl2F3N7O2S. The van der Waals surface area contributed by atoms with E-state index in [0.29, 0.717) is 46.4 Å². The summed E-state index contributed by atoms with van der Waals surface area (Å²) in [4.78, 5) is 13.1. The molecule has 2 fully saturated rings. The fourth-order valence-corrected chi connectivity index (χ4v) is 6.58. The number of alkyl halides is 3. The van der Waals surface area contributed by atoms with E-state index in [1.54, 1.807) is 19.1 Å². The number of nitrogens with one attached hydrogen (secondary N) is 1. The number of hydrogen-bond acceptors (Lipinski definition) is 7. The summed E-state index contributed by atoms with van der Waals surface area (Å²) in [6.45, 7) is 6.00. The first kappa shape index (κ1) is 29.3. The van der Waals surface area contributed by atoms with Crippen molar-refractivity contribution in [3.63, 3.8) is 0 Å². The maximum absolute atomic E-state index is 13.9. The van der Waals surface area contributed by atoms with Gasteiger partial charge in [0.15, 0.2) is 11.3 Å². The number of nitrogens with zero attached hydrogens (tertiary/aromatic N) is 6. The summed E-state index contributed by atoms with van der Waals surface area (Å²) < 4.78 is 68.0. The van der Waals surface area contributed by atoms with Crippen LogP contribution in [0.2, 0.25) is 10.0 Å². The summed E-state index contributed by atoms with van der Waals surface area (Å²) in [5, 5.41) is 4.63. The Hall–Kier alpha value is -2.19. The van der Waals surface area contributed by atoms with Gasteiger partial charge in [-0.15, -0.1) is 0 Å². The van der Waals surface area contributed by atoms with Crippen LogP contribution in [0.1, 0.15) is 37.1 Å². The molecule has 0 aliphatic carbocycles. The van der Waals surface area contributed by atoms with E-state index >= 15 is 0 Å². The normalized spacial score (nSPS) is 20.2. The zero-order valence-electron chi connectivity index (χ0n) is 22.0. The third-order valence-corrected chi connectivity index (χ3v) is 8.96. The molecule has 15 heteroatoms. The molecule has 9 nitrogen and oxygen atoms in total. The topological polar surface area (TPSA) is 96.3 Å². The van der Waals surface area contributed by atoms with Crippen molar-refractivity contribution in [2.24, 2.45) is 11.8 Å². The molecule has 2 aliphatic heterocycles. The van der Waals surface area contributed by atoms with E-state index in [-0.39, 0.29) is 11.2 Å². The molecule has 0 unspecified atom stereocenters. The summed E-state index contributed by atoms with van der Waals surface area (Å²) in [5.41, 5.74) is -0.800. The van der Waals surface area contributed by atoms with Gasteiger partial charge in [0, 0.05) is 42.8 Å². The molecule has 2 aromatic heterocycles. The molecule has 0 amide bonds. The average molecular weight is 621 g/mol. The van der Waals surface area contributed by atoms with Gasteiger partial charge in [-0.3, -0.25) is 0 Å². The molecule has 5 rings (SSSR count). The summed E-state index contributed by atoms with van der Waals surface area (Å²) >= 11 is 12.4. The van der Waals surface area contributed by atoms with Gasteiger partial charge in [0.05, 0.1) is 18.5 Å². The first-order valence-corrected chi connectivity index (χ1v) is 15.6. The highest BCUT2D eigenvalue weighted by atomic mass is 35.5. The molecule has 218 valence electrons. The van der Waals surface area contributed by atoms with Crippen molar-refractivity contribution in [1.82, 2.24) is 29.4 Å². The van der Waals surface area contributed by atoms with Gasteiger partial charge in [-0.25, -0.2) is 27.8 Å². The van der Waals surface area contributed by atoms with Crippen LogP contribution in [-0.2, 0) is 16.2 Å². The Balaban J connectivity index is 1.33. The predicted molar refractivity (Wildman–Crippen MR) is 148 cm³/mol. The average Bonchev–Trinajstić information content (AvgIpc) is 3.22. The van der Waals surface area contributed by atoms with E-state index in [0.717, 1.165) is 45.3 Å². The molecular weight excluding hydrogens is 590 g/mol. The minimum absolute atomic E-state index is 0.0361. The minimum Gasteiger partial charge on any atom is -0.355 e. The quantitative estimate of drug-likeness (QED) is 0.398. The van der Waals surface area contributed by atoms with Gasteiger partial charge >= 0.3 is 6.18 Å². The van der Waals surface area contributed by atoms with E-state index < -0.39 is 27.9 Å². The van der Waals surface area contributed by atoms with Gasteiger partial charge in [-0.2, -0.15) is 18.3 Å². The Kier molecular flexibility index (Phi) is 8.23. The van der Waals surface area contributed by atoms with Crippen LogP contribution >= 0.6 is 23.2 Å². The minimum atomic E-state index is -4.70. The third-order valence-electron chi connectivity index (χ3n) is 7.67. The number of halogens is 5. The summed E-state index contributed by atoms with van der Waals surface area (Å²) in [7, 11) is -3.21. The number of aromatic nitrogens is 4. The molecule has 3 aromatic rings. The largest absolute Gasteiger partial charge is 0.437 e. The first-order chi connectivity index (χ1) is 18.8. The first-order valence-electron chi connectivity index (χ1n) is 13.0. The Morgan fingerprint density at radius 1 is 1.18 bits per heavy atom. The van der Waals surface area contributed by atoms with Crippen molar-refractivity contribution in [3.05, 3.63) is 45.7 Å². The van der Waals surface area contributed by atoms with Crippen molar-refractivity contribution < 1.29 is 21.6 Å². The molecule has 0 spiro atoms. The summed E-state index contributed by atoms with van der Waals surface area (Å²) in [6, 6.07) is 4.18. The number of anilines is 1. The molecule has 2 aliphatic rings. The highest BCUT2D eigenvalue weighted by Crippen LogP contribution is 2.38. The lowest BCUT2D eigenvalue weighted by molar-refractivity contribution is -0.140. The van der Waals surface area contributed by atoms with Crippen molar-refractivity contribution in [1.29, 1.82) is 0 Å². The second-order valence-corrected chi connectivity index (χ2v) is 13.2. The number of hydrogen-bond donors (Lipinski definition) is 1. The van der Waals surface area contributed by atoms with Crippen molar-refractivity contribution in [2.75, 3.05) is 50.4 Å². The standard InChI is InChI=1S/C25H30Cl2F3N7O2S/c1-15(19-6-5-18(26)10-20(19)27)37-24-22(23(34-37)25(28,29)30)31-11-21(33-24)36-13-17(14-36)16-4-3-8-35(12-16)9-7-32-40(2,38)39/h5-6,10-11,15-17,32H,3-4,7-9,12-14H2,1-2H3/t15-,16+/m1/s1. The van der Waals surface area contributed by atoms with E-state index in [4.69, 9.17) is 23.2 Å². The molecule has 2 saturated heterocycles. The van der Waals surface area contributed by atoms with Gasteiger partial charge in [-0.05, 0) is 55.8 Å². The zero-order chi connectivity index (χ0) is 28.8. The van der Waals surface area contributed by atoms with Crippen LogP contribution in [-0.4, -0.2) is 78.6 Å². The third kappa shape index (κ3) is 6.33. The lowest BCUT2D eigenvalue weighted by Gasteiger charge is -2.47. The van der Waals surface area contributed by atoms with Gasteiger partial charge < -0.3 is 9.80 Å². The predicted octanol–water partition coefficient (Wildman–Crippen LogP) is 4.46. The number of likely N-dealkylation sites (tertiary alicyclic amines) is 1. The fourth-order valence-electron chi connectivity index (χ4n) is 5.55. The second-order valence-electron chi connectivity index (χ2n) is 10.6. The van der Waals surface area contributed by atoms with Gasteiger partial charge in [-0.1, -0.05) is 29.3 Å². The van der Waals surface area contributed by atoms with Crippen LogP contribution in [0.3, 0.4) is 0 Å². The maximum Gasteiger partial charge on any atom is 0.437 e. The highest BCUT2D eigenvalue weighted by molar-refractivity contribution is 7.88. The molecule has 40 heavy (non-hydrogen) atoms. The van der Waals surface area contributed by atoms with Crippen LogP contribution in [0.5, 0.6) is 0 Å². The number of sulfonamides is 1. The molecule has 0 radical (unpaired) electrons. The van der Waals surface area contributed by atoms with Crippen LogP contribution in [0.4, 0.5) is 19.0 Å². The van der Waals surface area contributed by atoms with Gasteiger partial charge in [0.1, 0.15) is 11.3 Å². The van der Waals surface area contributed by atoms with Crippen molar-refractivity contribution in [3.8, 4) is 0 Å². The van der Waals surface area contributed by atoms with E-state index in [1.165, 1.54) is 16.9 Å². The van der Waals surface area contributed by atoms with Crippen molar-refractivity contribution >= 4 is 50.2 Å². The second kappa shape index (κ2) is 11.2. The Morgan fingerprint density at radius 3 is 2.60 bits per heavy atom. The molecule has 4 heterocycles. The highest BCUT2D eigenvalue weighted by Gasteiger charge is 2.40. The zero-order valence-corrected chi connectivity index (χ0v) is 24.3. The van der Waals surface area contributed by atoms with E-state index in [9.17, 15) is 21.6 Å². The van der Waals surface area contributed by atoms with Crippen LogP contribution in [0, 0.1) is 11.8 Å². The SMILES string of the molecule is C[C@H](c1ccc(Cl)cc1Cl)n1nc(C(F)(F)F)c2ncc(N3CC([C@H]4CCCN(CCNS(C)(=O)=O)C4)C3)nc21. The molecule has 2 atom stereocenters. The number of fused-ring (bicyclic) bond motifs is 1. The van der Waals surface area contributed by atoms with Crippen molar-refractivity contribution in [2.45, 2.75) is 32.0 Å². The maximum atomic E-state index is 13.9. The lowest BCUT2D eigenvalue weighted by atomic mass is 9.80. The number of rotatable bonds is 8. The Morgan fingerprint density at radius 2 is 1.93 bits per heavy atom. The summed E-state index contributed by atoms with van der Waals surface area (Å²) in [5.74, 6) is 1.36. The molecule has 1 N–H and O–H groups in total. The van der Waals surface area contributed by atoms with Crippen LogP contribution in [0.15, 0.2) is 24.4 Å². The Bertz CT molecular complexity index is 1500. The monoisotopic (exact) mass is 619 g/mol. The number of benzene rings is 1.